The summed E-state index contributed by atoms with van der Waals surface area (Å²) in [5, 5.41) is 13.6. The van der Waals surface area contributed by atoms with Crippen LogP contribution in [0, 0.1) is 0 Å². The normalized spacial score (nSPS) is 20.8. The molecule has 0 radical (unpaired) electrons. The molecule has 7 heteroatoms. The molecule has 1 amide bonds. The van der Waals surface area contributed by atoms with Crippen LogP contribution < -0.4 is 5.32 Å². The summed E-state index contributed by atoms with van der Waals surface area (Å²) in [5.74, 6) is -1.30. The summed E-state index contributed by atoms with van der Waals surface area (Å²) in [4.78, 5) is 28.2. The molecule has 2 heterocycles. The lowest BCUT2D eigenvalue weighted by Gasteiger charge is -2.32. The number of amides is 1. The number of thiazole rings is 1. The highest BCUT2D eigenvalue weighted by Gasteiger charge is 2.32. The summed E-state index contributed by atoms with van der Waals surface area (Å²) < 4.78 is 0. The lowest BCUT2D eigenvalue weighted by atomic mass is 10.2. The number of hydrogen-bond donors (Lipinski definition) is 2. The summed E-state index contributed by atoms with van der Waals surface area (Å²) in [7, 11) is 0. The zero-order valence-corrected chi connectivity index (χ0v) is 9.24. The van der Waals surface area contributed by atoms with Crippen molar-refractivity contribution in [1.29, 1.82) is 0 Å². The quantitative estimate of drug-likeness (QED) is 0.739. The molecular formula is C9H11N3O3S. The van der Waals surface area contributed by atoms with Crippen LogP contribution in [0.3, 0.4) is 0 Å². The van der Waals surface area contributed by atoms with Gasteiger partial charge in [-0.05, 0) is 0 Å². The molecule has 1 unspecified atom stereocenters. The van der Waals surface area contributed by atoms with Crippen LogP contribution in [0.15, 0.2) is 10.9 Å². The second-order valence-corrected chi connectivity index (χ2v) is 4.15. The van der Waals surface area contributed by atoms with Crippen molar-refractivity contribution in [1.82, 2.24) is 15.2 Å². The molecule has 6 nitrogen and oxygen atoms in total. The minimum atomic E-state index is -0.990. The molecule has 1 aliphatic rings. The number of hydrogen-bond acceptors (Lipinski definition) is 5. The average molecular weight is 241 g/mol. The van der Waals surface area contributed by atoms with E-state index >= 15 is 0 Å². The smallest absolute Gasteiger partial charge is 0.327 e. The van der Waals surface area contributed by atoms with Crippen molar-refractivity contribution >= 4 is 23.2 Å². The van der Waals surface area contributed by atoms with Crippen LogP contribution >= 0.6 is 11.3 Å². The van der Waals surface area contributed by atoms with Gasteiger partial charge >= 0.3 is 5.97 Å². The van der Waals surface area contributed by atoms with Gasteiger partial charge in [0.15, 0.2) is 0 Å². The molecule has 1 atom stereocenters. The van der Waals surface area contributed by atoms with Crippen molar-refractivity contribution in [3.05, 3.63) is 16.6 Å². The van der Waals surface area contributed by atoms with Crippen LogP contribution in [0.1, 0.15) is 10.5 Å². The van der Waals surface area contributed by atoms with Gasteiger partial charge in [-0.1, -0.05) is 0 Å². The van der Waals surface area contributed by atoms with Gasteiger partial charge in [0.05, 0.1) is 5.51 Å². The number of aromatic nitrogens is 1. The van der Waals surface area contributed by atoms with Gasteiger partial charge in [-0.25, -0.2) is 9.78 Å². The second-order valence-electron chi connectivity index (χ2n) is 3.43. The number of carboxylic acid groups (broad SMARTS) is 1. The predicted octanol–water partition coefficient (Wildman–Crippen LogP) is -0.358. The standard InChI is InChI=1S/C9H11N3O3S/c13-8(6-4-16-5-11-6)12-2-1-10-3-7(12)9(14)15/h4-5,7,10H,1-3H2,(H,14,15). The maximum absolute atomic E-state index is 12.0. The van der Waals surface area contributed by atoms with Crippen molar-refractivity contribution in [3.8, 4) is 0 Å². The van der Waals surface area contributed by atoms with Crippen molar-refractivity contribution in [2.75, 3.05) is 19.6 Å². The zero-order chi connectivity index (χ0) is 11.5. The summed E-state index contributed by atoms with van der Waals surface area (Å²) in [5.41, 5.74) is 1.88. The Balaban J connectivity index is 2.17. The van der Waals surface area contributed by atoms with E-state index in [0.717, 1.165) is 0 Å². The van der Waals surface area contributed by atoms with E-state index in [1.165, 1.54) is 16.2 Å². The van der Waals surface area contributed by atoms with E-state index in [1.54, 1.807) is 10.9 Å². The Kier molecular flexibility index (Phi) is 3.16. The number of rotatable bonds is 2. The molecule has 1 aromatic heterocycles. The number of carboxylic acids is 1. The maximum atomic E-state index is 12.0. The molecule has 1 aliphatic heterocycles. The van der Waals surface area contributed by atoms with Crippen LogP contribution in [0.5, 0.6) is 0 Å². The summed E-state index contributed by atoms with van der Waals surface area (Å²) in [6, 6.07) is -0.803. The first-order valence-corrected chi connectivity index (χ1v) is 5.77. The van der Waals surface area contributed by atoms with Gasteiger partial charge in [-0.15, -0.1) is 11.3 Å². The third-order valence-corrected chi connectivity index (χ3v) is 3.03. The van der Waals surface area contributed by atoms with Gasteiger partial charge in [0.1, 0.15) is 11.7 Å². The Morgan fingerprint density at radius 3 is 3.06 bits per heavy atom. The molecule has 0 saturated carbocycles. The number of carbonyl (C=O) groups excluding carboxylic acids is 1. The Bertz CT molecular complexity index is 393. The molecule has 0 aliphatic carbocycles. The van der Waals surface area contributed by atoms with E-state index in [-0.39, 0.29) is 12.5 Å². The molecule has 0 aromatic carbocycles. The molecule has 1 aromatic rings. The molecule has 1 saturated heterocycles. The molecular weight excluding hydrogens is 230 g/mol. The first-order valence-electron chi connectivity index (χ1n) is 4.83. The Hall–Kier alpha value is -1.47. The number of aliphatic carboxylic acids is 1. The monoisotopic (exact) mass is 241 g/mol. The molecule has 2 rings (SSSR count). The highest BCUT2D eigenvalue weighted by molar-refractivity contribution is 7.07. The van der Waals surface area contributed by atoms with Crippen LogP contribution in [0.2, 0.25) is 0 Å². The van der Waals surface area contributed by atoms with E-state index in [4.69, 9.17) is 5.11 Å². The van der Waals surface area contributed by atoms with Gasteiger partial charge < -0.3 is 15.3 Å². The number of carbonyl (C=O) groups is 2. The Morgan fingerprint density at radius 2 is 2.44 bits per heavy atom. The minimum Gasteiger partial charge on any atom is -0.480 e. The molecule has 0 spiro atoms. The van der Waals surface area contributed by atoms with Crippen LogP contribution in [0.25, 0.3) is 0 Å². The third-order valence-electron chi connectivity index (χ3n) is 2.44. The molecule has 86 valence electrons. The zero-order valence-electron chi connectivity index (χ0n) is 8.42. The van der Waals surface area contributed by atoms with Crippen molar-refractivity contribution in [3.63, 3.8) is 0 Å². The Labute approximate surface area is 95.9 Å². The van der Waals surface area contributed by atoms with Crippen LogP contribution in [-0.2, 0) is 4.79 Å². The molecule has 16 heavy (non-hydrogen) atoms. The minimum absolute atomic E-state index is 0.283. The average Bonchev–Trinajstić information content (AvgIpc) is 2.81. The van der Waals surface area contributed by atoms with Crippen molar-refractivity contribution < 1.29 is 14.7 Å². The van der Waals surface area contributed by atoms with Crippen LogP contribution in [-0.4, -0.2) is 52.5 Å². The van der Waals surface area contributed by atoms with E-state index in [2.05, 4.69) is 10.3 Å². The fourth-order valence-electron chi connectivity index (χ4n) is 1.63. The largest absolute Gasteiger partial charge is 0.480 e. The lowest BCUT2D eigenvalue weighted by Crippen LogP contribution is -2.57. The van der Waals surface area contributed by atoms with E-state index in [1.807, 2.05) is 0 Å². The first-order chi connectivity index (χ1) is 7.70. The van der Waals surface area contributed by atoms with Crippen molar-refractivity contribution in [2.24, 2.45) is 0 Å². The summed E-state index contributed by atoms with van der Waals surface area (Å²) in [6.45, 7) is 1.29. The summed E-state index contributed by atoms with van der Waals surface area (Å²) in [6.07, 6.45) is 0. The number of piperazine rings is 1. The predicted molar refractivity (Wildman–Crippen MR) is 57.4 cm³/mol. The topological polar surface area (TPSA) is 82.5 Å². The second kappa shape index (κ2) is 4.58. The highest BCUT2D eigenvalue weighted by atomic mass is 32.1. The van der Waals surface area contributed by atoms with E-state index in [0.29, 0.717) is 18.8 Å². The number of nitrogens with one attached hydrogen (secondary N) is 1. The number of nitrogens with zero attached hydrogens (tertiary/aromatic N) is 2. The molecule has 0 bridgehead atoms. The van der Waals surface area contributed by atoms with Crippen LogP contribution in [0.4, 0.5) is 0 Å². The SMILES string of the molecule is O=C(O)C1CNCCN1C(=O)c1cscn1. The third kappa shape index (κ3) is 2.05. The van der Waals surface area contributed by atoms with Crippen molar-refractivity contribution in [2.45, 2.75) is 6.04 Å². The molecule has 1 fully saturated rings. The maximum Gasteiger partial charge on any atom is 0.327 e. The van der Waals surface area contributed by atoms with Gasteiger partial charge in [0.2, 0.25) is 0 Å². The fourth-order valence-corrected chi connectivity index (χ4v) is 2.16. The van der Waals surface area contributed by atoms with E-state index < -0.39 is 12.0 Å². The van der Waals surface area contributed by atoms with Gasteiger partial charge in [-0.2, -0.15) is 0 Å². The fraction of sp³-hybridized carbons (Fsp3) is 0.444. The van der Waals surface area contributed by atoms with Gasteiger partial charge in [0.25, 0.3) is 5.91 Å². The summed E-state index contributed by atoms with van der Waals surface area (Å²) >= 11 is 1.32. The van der Waals surface area contributed by atoms with Gasteiger partial charge in [-0.3, -0.25) is 4.79 Å². The molecule has 2 N–H and O–H groups in total. The lowest BCUT2D eigenvalue weighted by molar-refractivity contribution is -0.142. The van der Waals surface area contributed by atoms with E-state index in [9.17, 15) is 9.59 Å². The van der Waals surface area contributed by atoms with Gasteiger partial charge in [0, 0.05) is 25.0 Å². The highest BCUT2D eigenvalue weighted by Crippen LogP contribution is 2.11. The Morgan fingerprint density at radius 1 is 1.62 bits per heavy atom. The first kappa shape index (κ1) is 11.0.